The van der Waals surface area contributed by atoms with E-state index in [9.17, 15) is 0 Å². The molecule has 0 spiro atoms. The van der Waals surface area contributed by atoms with Gasteiger partial charge in [-0.25, -0.2) is 0 Å². The Labute approximate surface area is 100 Å². The van der Waals surface area contributed by atoms with E-state index in [2.05, 4.69) is 16.5 Å². The SMILES string of the molecule is Cc1cc(CNc2ccccc2Cl)n(C)n1. The fraction of sp³-hybridized carbons (Fsp3) is 0.250. The lowest BCUT2D eigenvalue weighted by Crippen LogP contribution is -2.05. The van der Waals surface area contributed by atoms with Gasteiger partial charge in [0.2, 0.25) is 0 Å². The highest BCUT2D eigenvalue weighted by Crippen LogP contribution is 2.21. The number of halogens is 1. The molecule has 0 unspecified atom stereocenters. The molecule has 1 aromatic carbocycles. The first-order chi connectivity index (χ1) is 7.66. The molecule has 0 saturated heterocycles. The van der Waals surface area contributed by atoms with E-state index in [-0.39, 0.29) is 0 Å². The van der Waals surface area contributed by atoms with Crippen molar-refractivity contribution in [2.75, 3.05) is 5.32 Å². The zero-order chi connectivity index (χ0) is 11.5. The monoisotopic (exact) mass is 235 g/mol. The fourth-order valence-corrected chi connectivity index (χ4v) is 1.82. The quantitative estimate of drug-likeness (QED) is 0.887. The molecule has 0 aliphatic carbocycles. The number of nitrogens with zero attached hydrogens (tertiary/aromatic N) is 2. The van der Waals surface area contributed by atoms with Crippen LogP contribution in [-0.2, 0) is 13.6 Å². The van der Waals surface area contributed by atoms with Crippen molar-refractivity contribution < 1.29 is 0 Å². The standard InChI is InChI=1S/C12H14ClN3/c1-9-7-10(16(2)15-9)8-14-12-6-4-3-5-11(12)13/h3-7,14H,8H2,1-2H3. The predicted octanol–water partition coefficient (Wildman–Crippen LogP) is 2.99. The van der Waals surface area contributed by atoms with Crippen molar-refractivity contribution in [2.24, 2.45) is 7.05 Å². The molecule has 1 heterocycles. The van der Waals surface area contributed by atoms with Gasteiger partial charge in [0.25, 0.3) is 0 Å². The Morgan fingerprint density at radius 3 is 2.75 bits per heavy atom. The normalized spacial score (nSPS) is 10.4. The summed E-state index contributed by atoms with van der Waals surface area (Å²) in [5.74, 6) is 0. The maximum Gasteiger partial charge on any atom is 0.0637 e. The minimum Gasteiger partial charge on any atom is -0.378 e. The Morgan fingerprint density at radius 1 is 1.38 bits per heavy atom. The molecule has 1 aromatic heterocycles. The average molecular weight is 236 g/mol. The molecule has 2 aromatic rings. The number of hydrogen-bond acceptors (Lipinski definition) is 2. The summed E-state index contributed by atoms with van der Waals surface area (Å²) in [4.78, 5) is 0. The van der Waals surface area contributed by atoms with Gasteiger partial charge >= 0.3 is 0 Å². The number of anilines is 1. The van der Waals surface area contributed by atoms with Crippen LogP contribution in [0.4, 0.5) is 5.69 Å². The Kier molecular flexibility index (Phi) is 3.15. The number of para-hydroxylation sites is 1. The van der Waals surface area contributed by atoms with Crippen LogP contribution >= 0.6 is 11.6 Å². The largest absolute Gasteiger partial charge is 0.378 e. The summed E-state index contributed by atoms with van der Waals surface area (Å²) in [5, 5.41) is 8.32. The first kappa shape index (κ1) is 11.0. The molecule has 0 atom stereocenters. The summed E-state index contributed by atoms with van der Waals surface area (Å²) in [7, 11) is 1.94. The van der Waals surface area contributed by atoms with Gasteiger partial charge in [0, 0.05) is 7.05 Å². The second kappa shape index (κ2) is 4.58. The zero-order valence-electron chi connectivity index (χ0n) is 9.37. The van der Waals surface area contributed by atoms with E-state index < -0.39 is 0 Å². The molecule has 0 fully saturated rings. The molecular weight excluding hydrogens is 222 g/mol. The minimum absolute atomic E-state index is 0.723. The molecule has 0 aliphatic heterocycles. The number of rotatable bonds is 3. The molecule has 1 N–H and O–H groups in total. The maximum absolute atomic E-state index is 6.05. The van der Waals surface area contributed by atoms with E-state index in [1.807, 2.05) is 42.9 Å². The van der Waals surface area contributed by atoms with E-state index >= 15 is 0 Å². The van der Waals surface area contributed by atoms with Crippen molar-refractivity contribution in [1.29, 1.82) is 0 Å². The van der Waals surface area contributed by atoms with E-state index in [0.29, 0.717) is 0 Å². The van der Waals surface area contributed by atoms with Crippen LogP contribution in [0, 0.1) is 6.92 Å². The molecule has 0 aliphatic rings. The molecule has 84 valence electrons. The van der Waals surface area contributed by atoms with Crippen LogP contribution in [0.2, 0.25) is 5.02 Å². The van der Waals surface area contributed by atoms with Gasteiger partial charge in [0.1, 0.15) is 0 Å². The first-order valence-corrected chi connectivity index (χ1v) is 5.52. The summed E-state index contributed by atoms with van der Waals surface area (Å²) in [6.07, 6.45) is 0. The summed E-state index contributed by atoms with van der Waals surface area (Å²) in [6, 6.07) is 9.78. The van der Waals surface area contributed by atoms with Crippen molar-refractivity contribution in [3.05, 3.63) is 46.7 Å². The van der Waals surface area contributed by atoms with Crippen LogP contribution in [-0.4, -0.2) is 9.78 Å². The van der Waals surface area contributed by atoms with E-state index in [1.54, 1.807) is 0 Å². The van der Waals surface area contributed by atoms with Crippen molar-refractivity contribution in [1.82, 2.24) is 9.78 Å². The molecule has 3 nitrogen and oxygen atoms in total. The van der Waals surface area contributed by atoms with E-state index in [4.69, 9.17) is 11.6 Å². The molecule has 0 radical (unpaired) electrons. The Morgan fingerprint density at radius 2 is 2.12 bits per heavy atom. The van der Waals surface area contributed by atoms with Crippen molar-refractivity contribution in [3.8, 4) is 0 Å². The van der Waals surface area contributed by atoms with Gasteiger partial charge < -0.3 is 5.32 Å². The van der Waals surface area contributed by atoms with Crippen molar-refractivity contribution in [2.45, 2.75) is 13.5 Å². The van der Waals surface area contributed by atoms with Crippen LogP contribution < -0.4 is 5.32 Å². The predicted molar refractivity (Wildman–Crippen MR) is 66.7 cm³/mol. The van der Waals surface area contributed by atoms with Crippen molar-refractivity contribution in [3.63, 3.8) is 0 Å². The van der Waals surface area contributed by atoms with Gasteiger partial charge in [-0.05, 0) is 25.1 Å². The zero-order valence-corrected chi connectivity index (χ0v) is 10.1. The summed E-state index contributed by atoms with van der Waals surface area (Å²) >= 11 is 6.05. The Balaban J connectivity index is 2.08. The second-order valence-electron chi connectivity index (χ2n) is 3.73. The molecule has 2 rings (SSSR count). The van der Waals surface area contributed by atoms with Crippen LogP contribution in [0.5, 0.6) is 0 Å². The Hall–Kier alpha value is -1.48. The first-order valence-electron chi connectivity index (χ1n) is 5.15. The van der Waals surface area contributed by atoms with Crippen LogP contribution in [0.1, 0.15) is 11.4 Å². The third-order valence-electron chi connectivity index (χ3n) is 2.43. The van der Waals surface area contributed by atoms with Crippen LogP contribution in [0.25, 0.3) is 0 Å². The van der Waals surface area contributed by atoms with E-state index in [0.717, 1.165) is 28.6 Å². The van der Waals surface area contributed by atoms with Gasteiger partial charge in [-0.15, -0.1) is 0 Å². The number of aryl methyl sites for hydroxylation is 2. The molecule has 4 heteroatoms. The fourth-order valence-electron chi connectivity index (χ4n) is 1.62. The van der Waals surface area contributed by atoms with Crippen molar-refractivity contribution >= 4 is 17.3 Å². The molecule has 16 heavy (non-hydrogen) atoms. The Bertz CT molecular complexity index is 491. The molecule has 0 bridgehead atoms. The van der Waals surface area contributed by atoms with Gasteiger partial charge in [-0.3, -0.25) is 4.68 Å². The highest BCUT2D eigenvalue weighted by Gasteiger charge is 2.03. The number of benzene rings is 1. The number of hydrogen-bond donors (Lipinski definition) is 1. The average Bonchev–Trinajstić information content (AvgIpc) is 2.56. The topological polar surface area (TPSA) is 29.9 Å². The molecule has 0 saturated carbocycles. The molecular formula is C12H14ClN3. The lowest BCUT2D eigenvalue weighted by atomic mass is 10.3. The van der Waals surface area contributed by atoms with Gasteiger partial charge in [0.15, 0.2) is 0 Å². The van der Waals surface area contributed by atoms with Crippen LogP contribution in [0.15, 0.2) is 30.3 Å². The minimum atomic E-state index is 0.723. The number of aromatic nitrogens is 2. The summed E-state index contributed by atoms with van der Waals surface area (Å²) in [5.41, 5.74) is 3.11. The van der Waals surface area contributed by atoms with Crippen LogP contribution in [0.3, 0.4) is 0 Å². The lowest BCUT2D eigenvalue weighted by Gasteiger charge is -2.07. The smallest absolute Gasteiger partial charge is 0.0637 e. The number of nitrogens with one attached hydrogen (secondary N) is 1. The highest BCUT2D eigenvalue weighted by atomic mass is 35.5. The van der Waals surface area contributed by atoms with Gasteiger partial charge in [-0.1, -0.05) is 23.7 Å². The van der Waals surface area contributed by atoms with Gasteiger partial charge in [-0.2, -0.15) is 5.10 Å². The molecule has 0 amide bonds. The lowest BCUT2D eigenvalue weighted by molar-refractivity contribution is 0.713. The summed E-state index contributed by atoms with van der Waals surface area (Å²) < 4.78 is 1.87. The van der Waals surface area contributed by atoms with E-state index in [1.165, 1.54) is 0 Å². The summed E-state index contributed by atoms with van der Waals surface area (Å²) in [6.45, 7) is 2.71. The third-order valence-corrected chi connectivity index (χ3v) is 2.76. The second-order valence-corrected chi connectivity index (χ2v) is 4.14. The third kappa shape index (κ3) is 2.36. The highest BCUT2D eigenvalue weighted by molar-refractivity contribution is 6.33. The van der Waals surface area contributed by atoms with Gasteiger partial charge in [0.05, 0.1) is 28.6 Å². The maximum atomic E-state index is 6.05.